The largest absolute Gasteiger partial charge is 0.389 e. The molecule has 3 saturated carbocycles. The highest BCUT2D eigenvalue weighted by molar-refractivity contribution is 5.50. The van der Waals surface area contributed by atoms with Crippen LogP contribution in [0.3, 0.4) is 0 Å². The first-order valence-electron chi connectivity index (χ1n) is 9.82. The topological polar surface area (TPSA) is 37.3 Å². The number of allylic oxidation sites excluding steroid dienone is 1. The molecule has 2 nitrogen and oxygen atoms in total. The van der Waals surface area contributed by atoms with E-state index in [2.05, 4.69) is 19.9 Å². The number of hydrogen-bond donors (Lipinski definition) is 1. The Hall–Kier alpha value is -0.630. The zero-order valence-corrected chi connectivity index (χ0v) is 14.8. The van der Waals surface area contributed by atoms with Gasteiger partial charge in [-0.3, -0.25) is 0 Å². The highest BCUT2D eigenvalue weighted by Crippen LogP contribution is 2.66. The molecule has 0 aromatic carbocycles. The van der Waals surface area contributed by atoms with E-state index in [4.69, 9.17) is 0 Å². The molecular weight excluding hydrogens is 284 g/mol. The summed E-state index contributed by atoms with van der Waals surface area (Å²) in [5.74, 6) is 3.12. The fraction of sp³-hybridized carbons (Fsp3) is 0.857. The van der Waals surface area contributed by atoms with Crippen LogP contribution >= 0.6 is 0 Å². The average Bonchev–Trinajstić information content (AvgIpc) is 2.85. The lowest BCUT2D eigenvalue weighted by Crippen LogP contribution is -2.50. The maximum Gasteiger partial charge on any atom is 0.120 e. The van der Waals surface area contributed by atoms with Crippen molar-refractivity contribution in [3.05, 3.63) is 11.6 Å². The Bertz CT molecular complexity index is 524. The maximum atomic E-state index is 11.1. The number of aliphatic hydroxyl groups excluding tert-OH is 1. The molecule has 7 atom stereocenters. The summed E-state index contributed by atoms with van der Waals surface area (Å²) in [6, 6.07) is 0. The number of aldehydes is 1. The van der Waals surface area contributed by atoms with Gasteiger partial charge in [-0.1, -0.05) is 25.5 Å². The lowest BCUT2D eigenvalue weighted by molar-refractivity contribution is -0.110. The molecule has 4 aliphatic carbocycles. The molecule has 1 N–H and O–H groups in total. The zero-order valence-electron chi connectivity index (χ0n) is 14.8. The number of carbonyl (C=O) groups is 1. The van der Waals surface area contributed by atoms with Gasteiger partial charge in [-0.25, -0.2) is 0 Å². The van der Waals surface area contributed by atoms with E-state index in [9.17, 15) is 9.90 Å². The number of aliphatic hydroxyl groups is 1. The first-order valence-corrected chi connectivity index (χ1v) is 9.82. The lowest BCUT2D eigenvalue weighted by Gasteiger charge is -2.58. The van der Waals surface area contributed by atoms with Crippen molar-refractivity contribution >= 4 is 6.29 Å². The molecule has 0 aliphatic heterocycles. The second-order valence-corrected chi connectivity index (χ2v) is 9.35. The molecule has 0 aromatic rings. The van der Waals surface area contributed by atoms with Crippen molar-refractivity contribution in [2.24, 2.45) is 34.5 Å². The van der Waals surface area contributed by atoms with Crippen molar-refractivity contribution in [3.63, 3.8) is 0 Å². The number of rotatable bonds is 2. The third kappa shape index (κ3) is 2.20. The van der Waals surface area contributed by atoms with Gasteiger partial charge in [0.25, 0.3) is 0 Å². The Labute approximate surface area is 140 Å². The minimum absolute atomic E-state index is 0.202. The third-order valence-electron chi connectivity index (χ3n) is 8.67. The second-order valence-electron chi connectivity index (χ2n) is 9.35. The van der Waals surface area contributed by atoms with Crippen LogP contribution < -0.4 is 0 Å². The Morgan fingerprint density at radius 1 is 1.13 bits per heavy atom. The number of hydrogen-bond acceptors (Lipinski definition) is 2. The minimum atomic E-state index is -0.202. The van der Waals surface area contributed by atoms with Crippen molar-refractivity contribution in [2.45, 2.75) is 77.7 Å². The molecule has 4 rings (SSSR count). The summed E-state index contributed by atoms with van der Waals surface area (Å²) in [6.07, 6.45) is 13.8. The van der Waals surface area contributed by atoms with Gasteiger partial charge in [0.05, 0.1) is 6.10 Å². The summed E-state index contributed by atoms with van der Waals surface area (Å²) in [7, 11) is 0. The van der Waals surface area contributed by atoms with Gasteiger partial charge in [0.1, 0.15) is 6.29 Å². The Morgan fingerprint density at radius 3 is 2.74 bits per heavy atom. The Kier molecular flexibility index (Phi) is 3.75. The summed E-state index contributed by atoms with van der Waals surface area (Å²) < 4.78 is 0. The SMILES string of the molecule is CC12CCC(O)C=C1CCC1C2CCC2(C)C(CC=O)CCC12. The molecule has 0 radical (unpaired) electrons. The molecule has 2 heteroatoms. The highest BCUT2D eigenvalue weighted by atomic mass is 16.3. The van der Waals surface area contributed by atoms with Crippen LogP contribution in [-0.4, -0.2) is 17.5 Å². The first-order chi connectivity index (χ1) is 11.0. The second kappa shape index (κ2) is 5.44. The average molecular weight is 316 g/mol. The molecule has 4 aliphatic rings. The lowest BCUT2D eigenvalue weighted by atomic mass is 9.46. The molecule has 0 heterocycles. The van der Waals surface area contributed by atoms with E-state index >= 15 is 0 Å². The van der Waals surface area contributed by atoms with E-state index in [0.29, 0.717) is 16.7 Å². The molecule has 0 amide bonds. The molecule has 0 saturated heterocycles. The van der Waals surface area contributed by atoms with Crippen LogP contribution in [0.2, 0.25) is 0 Å². The van der Waals surface area contributed by atoms with Gasteiger partial charge < -0.3 is 9.90 Å². The van der Waals surface area contributed by atoms with E-state index in [1.807, 2.05) is 0 Å². The normalized spacial score (nSPS) is 52.1. The molecule has 3 fully saturated rings. The first kappa shape index (κ1) is 15.9. The minimum Gasteiger partial charge on any atom is -0.389 e. The number of fused-ring (bicyclic) bond motifs is 5. The van der Waals surface area contributed by atoms with Crippen LogP contribution in [0.5, 0.6) is 0 Å². The molecule has 0 spiro atoms. The zero-order chi connectivity index (χ0) is 16.2. The van der Waals surface area contributed by atoms with Crippen LogP contribution in [0.25, 0.3) is 0 Å². The molecule has 23 heavy (non-hydrogen) atoms. The maximum absolute atomic E-state index is 11.1. The van der Waals surface area contributed by atoms with E-state index in [-0.39, 0.29) is 6.10 Å². The summed E-state index contributed by atoms with van der Waals surface area (Å²) in [6.45, 7) is 4.98. The molecular formula is C21H32O2. The Balaban J connectivity index is 1.63. The van der Waals surface area contributed by atoms with E-state index < -0.39 is 0 Å². The van der Waals surface area contributed by atoms with Crippen molar-refractivity contribution in [3.8, 4) is 0 Å². The van der Waals surface area contributed by atoms with Gasteiger partial charge in [0.2, 0.25) is 0 Å². The quantitative estimate of drug-likeness (QED) is 0.601. The van der Waals surface area contributed by atoms with Gasteiger partial charge >= 0.3 is 0 Å². The Morgan fingerprint density at radius 2 is 1.96 bits per heavy atom. The van der Waals surface area contributed by atoms with Gasteiger partial charge in [-0.2, -0.15) is 0 Å². The third-order valence-corrected chi connectivity index (χ3v) is 8.67. The van der Waals surface area contributed by atoms with Crippen LogP contribution in [0.15, 0.2) is 11.6 Å². The number of carbonyl (C=O) groups excluding carboxylic acids is 1. The van der Waals surface area contributed by atoms with Crippen LogP contribution in [0.4, 0.5) is 0 Å². The predicted molar refractivity (Wildman–Crippen MR) is 91.9 cm³/mol. The highest BCUT2D eigenvalue weighted by Gasteiger charge is 2.58. The van der Waals surface area contributed by atoms with E-state index in [1.165, 1.54) is 44.9 Å². The van der Waals surface area contributed by atoms with E-state index in [1.54, 1.807) is 5.57 Å². The summed E-state index contributed by atoms with van der Waals surface area (Å²) in [4.78, 5) is 11.1. The standard InChI is InChI=1S/C21H32O2/c1-20-11-8-19-17(18(20)6-4-14(20)9-12-22)5-3-15-13-16(23)7-10-21(15,19)2/h12-14,16-19,23H,3-11H2,1-2H3. The summed E-state index contributed by atoms with van der Waals surface area (Å²) in [5, 5.41) is 10.0. The summed E-state index contributed by atoms with van der Waals surface area (Å²) in [5.41, 5.74) is 2.31. The molecule has 7 unspecified atom stereocenters. The fourth-order valence-corrected chi connectivity index (χ4v) is 7.32. The van der Waals surface area contributed by atoms with Crippen molar-refractivity contribution in [1.29, 1.82) is 0 Å². The predicted octanol–water partition coefficient (Wildman–Crippen LogP) is 4.52. The van der Waals surface area contributed by atoms with Crippen molar-refractivity contribution in [2.75, 3.05) is 0 Å². The summed E-state index contributed by atoms with van der Waals surface area (Å²) >= 11 is 0. The van der Waals surface area contributed by atoms with Crippen molar-refractivity contribution < 1.29 is 9.90 Å². The van der Waals surface area contributed by atoms with Crippen molar-refractivity contribution in [1.82, 2.24) is 0 Å². The smallest absolute Gasteiger partial charge is 0.120 e. The van der Waals surface area contributed by atoms with Crippen LogP contribution in [0.1, 0.15) is 71.6 Å². The van der Waals surface area contributed by atoms with Gasteiger partial charge in [-0.05, 0) is 85.9 Å². The van der Waals surface area contributed by atoms with Gasteiger partial charge in [0.15, 0.2) is 0 Å². The van der Waals surface area contributed by atoms with Crippen LogP contribution in [0, 0.1) is 34.5 Å². The monoisotopic (exact) mass is 316 g/mol. The fourth-order valence-electron chi connectivity index (χ4n) is 7.32. The van der Waals surface area contributed by atoms with E-state index in [0.717, 1.165) is 36.9 Å². The molecule has 0 aromatic heterocycles. The molecule has 128 valence electrons. The van der Waals surface area contributed by atoms with Crippen LogP contribution in [-0.2, 0) is 4.79 Å². The van der Waals surface area contributed by atoms with Gasteiger partial charge in [-0.15, -0.1) is 0 Å². The van der Waals surface area contributed by atoms with Gasteiger partial charge in [0, 0.05) is 6.42 Å². The molecule has 0 bridgehead atoms.